The van der Waals surface area contributed by atoms with E-state index in [2.05, 4.69) is 16.4 Å². The largest absolute Gasteiger partial charge is 0.389 e. The number of pyridine rings is 2. The quantitative estimate of drug-likeness (QED) is 0.843. The zero-order valence-corrected chi connectivity index (χ0v) is 11.9. The topological polar surface area (TPSA) is 63.8 Å². The lowest BCUT2D eigenvalue weighted by Gasteiger charge is -2.12. The van der Waals surface area contributed by atoms with Crippen LogP contribution in [0.1, 0.15) is 28.8 Å². The molecule has 0 atom stereocenters. The van der Waals surface area contributed by atoms with E-state index in [-0.39, 0.29) is 0 Å². The monoisotopic (exact) mass is 284 g/mol. The predicted molar refractivity (Wildman–Crippen MR) is 83.7 cm³/mol. The molecule has 3 N–H and O–H groups in total. The van der Waals surface area contributed by atoms with Crippen LogP contribution in [0.2, 0.25) is 0 Å². The molecule has 0 fully saturated rings. The third-order valence-electron chi connectivity index (χ3n) is 3.50. The fraction of sp³-hybridized carbons (Fsp3) is 0.267. The van der Waals surface area contributed by atoms with Crippen LogP contribution >= 0.6 is 12.2 Å². The molecule has 0 unspecified atom stereocenters. The molecule has 0 aromatic carbocycles. The Kier molecular flexibility index (Phi) is 3.60. The van der Waals surface area contributed by atoms with Crippen LogP contribution in [0.25, 0.3) is 0 Å². The summed E-state index contributed by atoms with van der Waals surface area (Å²) in [6.45, 7) is 0.662. The molecule has 3 rings (SSSR count). The molecule has 2 aromatic heterocycles. The molecule has 2 aromatic rings. The molecule has 0 radical (unpaired) electrons. The van der Waals surface area contributed by atoms with Gasteiger partial charge in [-0.3, -0.25) is 4.98 Å². The number of anilines is 1. The zero-order chi connectivity index (χ0) is 13.9. The number of hydrogen-bond acceptors (Lipinski definition) is 4. The lowest BCUT2D eigenvalue weighted by Crippen LogP contribution is -2.15. The van der Waals surface area contributed by atoms with Crippen molar-refractivity contribution < 1.29 is 0 Å². The van der Waals surface area contributed by atoms with E-state index in [0.717, 1.165) is 36.2 Å². The first-order valence-corrected chi connectivity index (χ1v) is 7.10. The van der Waals surface area contributed by atoms with E-state index in [1.807, 2.05) is 18.3 Å². The molecule has 0 bridgehead atoms. The van der Waals surface area contributed by atoms with E-state index >= 15 is 0 Å². The summed E-state index contributed by atoms with van der Waals surface area (Å²) in [5.74, 6) is 0.780. The minimum atomic E-state index is 0.390. The van der Waals surface area contributed by atoms with Crippen LogP contribution in [0.3, 0.4) is 0 Å². The minimum absolute atomic E-state index is 0.390. The first kappa shape index (κ1) is 13.0. The maximum absolute atomic E-state index is 5.82. The molecule has 0 saturated heterocycles. The summed E-state index contributed by atoms with van der Waals surface area (Å²) >= 11 is 5.14. The van der Waals surface area contributed by atoms with Gasteiger partial charge >= 0.3 is 0 Å². The first-order valence-electron chi connectivity index (χ1n) is 6.69. The van der Waals surface area contributed by atoms with Crippen molar-refractivity contribution in [1.29, 1.82) is 0 Å². The highest BCUT2D eigenvalue weighted by molar-refractivity contribution is 7.80. The molecular weight excluding hydrogens is 268 g/mol. The highest BCUT2D eigenvalue weighted by atomic mass is 32.1. The molecule has 4 nitrogen and oxygen atoms in total. The Balaban J connectivity index is 1.86. The zero-order valence-electron chi connectivity index (χ0n) is 11.1. The number of nitrogens with zero attached hydrogens (tertiary/aromatic N) is 2. The van der Waals surface area contributed by atoms with E-state index < -0.39 is 0 Å². The van der Waals surface area contributed by atoms with Crippen molar-refractivity contribution in [2.75, 3.05) is 5.32 Å². The summed E-state index contributed by atoms with van der Waals surface area (Å²) < 4.78 is 0. The Labute approximate surface area is 123 Å². The summed E-state index contributed by atoms with van der Waals surface area (Å²) in [6, 6.07) is 6.03. The van der Waals surface area contributed by atoms with Gasteiger partial charge in [-0.2, -0.15) is 0 Å². The molecule has 0 amide bonds. The van der Waals surface area contributed by atoms with Gasteiger partial charge in [-0.05, 0) is 42.5 Å². The van der Waals surface area contributed by atoms with Crippen molar-refractivity contribution >= 4 is 23.0 Å². The third kappa shape index (κ3) is 2.63. The Morgan fingerprint density at radius 1 is 1.40 bits per heavy atom. The molecule has 0 spiro atoms. The van der Waals surface area contributed by atoms with Crippen molar-refractivity contribution in [2.24, 2.45) is 5.73 Å². The Hall–Kier alpha value is -2.01. The van der Waals surface area contributed by atoms with Crippen molar-refractivity contribution in [3.8, 4) is 0 Å². The smallest absolute Gasteiger partial charge is 0.136 e. The average molecular weight is 284 g/mol. The van der Waals surface area contributed by atoms with Gasteiger partial charge in [0.25, 0.3) is 0 Å². The normalized spacial score (nSPS) is 13.0. The Morgan fingerprint density at radius 2 is 2.30 bits per heavy atom. The molecule has 1 aliphatic carbocycles. The number of rotatable bonds is 4. The summed E-state index contributed by atoms with van der Waals surface area (Å²) in [6.07, 6.45) is 6.86. The van der Waals surface area contributed by atoms with Crippen molar-refractivity contribution in [2.45, 2.75) is 25.8 Å². The van der Waals surface area contributed by atoms with Crippen LogP contribution in [-0.4, -0.2) is 15.0 Å². The fourth-order valence-electron chi connectivity index (χ4n) is 2.48. The van der Waals surface area contributed by atoms with Crippen LogP contribution in [-0.2, 0) is 19.4 Å². The maximum atomic E-state index is 5.82. The second-order valence-electron chi connectivity index (χ2n) is 4.92. The number of aromatic nitrogens is 2. The van der Waals surface area contributed by atoms with E-state index in [1.165, 1.54) is 11.3 Å². The van der Waals surface area contributed by atoms with Gasteiger partial charge in [0.05, 0.1) is 5.56 Å². The van der Waals surface area contributed by atoms with Gasteiger partial charge in [0.2, 0.25) is 0 Å². The summed E-state index contributed by atoms with van der Waals surface area (Å²) in [5, 5.41) is 3.32. The van der Waals surface area contributed by atoms with Crippen LogP contribution in [0, 0.1) is 0 Å². The van der Waals surface area contributed by atoms with Crippen molar-refractivity contribution in [3.63, 3.8) is 0 Å². The van der Waals surface area contributed by atoms with E-state index in [1.54, 1.807) is 6.20 Å². The molecule has 2 heterocycles. The predicted octanol–water partition coefficient (Wildman–Crippen LogP) is 2.21. The van der Waals surface area contributed by atoms with Crippen molar-refractivity contribution in [3.05, 3.63) is 53.0 Å². The SMILES string of the molecule is NC(=S)c1cc2c(nc1NCc1cccnc1)CCC2. The van der Waals surface area contributed by atoms with Crippen molar-refractivity contribution in [1.82, 2.24) is 9.97 Å². The summed E-state index contributed by atoms with van der Waals surface area (Å²) in [4.78, 5) is 9.18. The maximum Gasteiger partial charge on any atom is 0.136 e. The summed E-state index contributed by atoms with van der Waals surface area (Å²) in [5.41, 5.74) is 10.2. The van der Waals surface area contributed by atoms with Gasteiger partial charge in [0.15, 0.2) is 0 Å². The van der Waals surface area contributed by atoms with Crippen LogP contribution in [0.15, 0.2) is 30.6 Å². The lowest BCUT2D eigenvalue weighted by molar-refractivity contribution is 0.899. The van der Waals surface area contributed by atoms with Gasteiger partial charge in [-0.1, -0.05) is 18.3 Å². The van der Waals surface area contributed by atoms with Gasteiger partial charge < -0.3 is 11.1 Å². The highest BCUT2D eigenvalue weighted by Gasteiger charge is 2.17. The average Bonchev–Trinajstić information content (AvgIpc) is 2.92. The second kappa shape index (κ2) is 5.54. The van der Waals surface area contributed by atoms with Gasteiger partial charge in [0.1, 0.15) is 10.8 Å². The van der Waals surface area contributed by atoms with Crippen LogP contribution < -0.4 is 11.1 Å². The van der Waals surface area contributed by atoms with E-state index in [9.17, 15) is 0 Å². The van der Waals surface area contributed by atoms with E-state index in [0.29, 0.717) is 11.5 Å². The lowest BCUT2D eigenvalue weighted by atomic mass is 10.1. The fourth-order valence-corrected chi connectivity index (χ4v) is 2.64. The molecule has 0 saturated carbocycles. The molecular formula is C15H16N4S. The standard InChI is InChI=1S/C15H16N4S/c16-14(20)12-7-11-4-1-5-13(11)19-15(12)18-9-10-3-2-6-17-8-10/h2-3,6-8H,1,4-5,9H2,(H2,16,20)(H,18,19). The highest BCUT2D eigenvalue weighted by Crippen LogP contribution is 2.25. The van der Waals surface area contributed by atoms with Crippen LogP contribution in [0.4, 0.5) is 5.82 Å². The molecule has 5 heteroatoms. The van der Waals surface area contributed by atoms with Gasteiger partial charge in [-0.25, -0.2) is 4.98 Å². The second-order valence-corrected chi connectivity index (χ2v) is 5.36. The Morgan fingerprint density at radius 3 is 3.05 bits per heavy atom. The molecule has 1 aliphatic rings. The van der Waals surface area contributed by atoms with Gasteiger partial charge in [0, 0.05) is 24.6 Å². The summed E-state index contributed by atoms with van der Waals surface area (Å²) in [7, 11) is 0. The molecule has 102 valence electrons. The molecule has 0 aliphatic heterocycles. The number of nitrogens with two attached hydrogens (primary N) is 1. The number of nitrogens with one attached hydrogen (secondary N) is 1. The molecule has 20 heavy (non-hydrogen) atoms. The first-order chi connectivity index (χ1) is 9.74. The van der Waals surface area contributed by atoms with E-state index in [4.69, 9.17) is 22.9 Å². The van der Waals surface area contributed by atoms with Gasteiger partial charge in [-0.15, -0.1) is 0 Å². The minimum Gasteiger partial charge on any atom is -0.389 e. The van der Waals surface area contributed by atoms with Crippen LogP contribution in [0.5, 0.6) is 0 Å². The number of hydrogen-bond donors (Lipinski definition) is 2. The Bertz CT molecular complexity index is 640. The number of thiocarbonyl (C=S) groups is 1. The number of fused-ring (bicyclic) bond motifs is 1. The number of aryl methyl sites for hydroxylation is 2. The third-order valence-corrected chi connectivity index (χ3v) is 3.72.